The number of anilines is 1. The number of para-hydroxylation sites is 1. The molecule has 0 radical (unpaired) electrons. The number of carbonyl (C=O) groups is 2. The first-order valence-corrected chi connectivity index (χ1v) is 13.4. The third-order valence-electron chi connectivity index (χ3n) is 7.33. The molecule has 8 nitrogen and oxygen atoms in total. The van der Waals surface area contributed by atoms with Gasteiger partial charge in [-0.25, -0.2) is 9.07 Å². The van der Waals surface area contributed by atoms with Crippen LogP contribution >= 0.6 is 0 Å². The minimum Gasteiger partial charge on any atom is -0.339 e. The van der Waals surface area contributed by atoms with Gasteiger partial charge in [-0.2, -0.15) is 23.5 Å². The molecule has 2 N–H and O–H groups in total. The van der Waals surface area contributed by atoms with E-state index in [4.69, 9.17) is 5.10 Å². The van der Waals surface area contributed by atoms with Crippen LogP contribution in [0.4, 0.5) is 23.4 Å². The summed E-state index contributed by atoms with van der Waals surface area (Å²) in [7, 11) is 0. The maximum absolute atomic E-state index is 14.2. The predicted octanol–water partition coefficient (Wildman–Crippen LogP) is 5.46. The molecule has 1 aliphatic heterocycles. The molecule has 4 aromatic rings. The van der Waals surface area contributed by atoms with Crippen molar-refractivity contribution in [2.45, 2.75) is 38.0 Å². The van der Waals surface area contributed by atoms with E-state index in [2.05, 4.69) is 10.6 Å². The van der Waals surface area contributed by atoms with Crippen molar-refractivity contribution < 1.29 is 27.2 Å². The van der Waals surface area contributed by atoms with Crippen LogP contribution in [-0.4, -0.2) is 34.2 Å². The van der Waals surface area contributed by atoms with Crippen LogP contribution < -0.4 is 15.5 Å². The van der Waals surface area contributed by atoms with Crippen molar-refractivity contribution in [2.75, 3.05) is 11.4 Å². The molecule has 0 aliphatic carbocycles. The average Bonchev–Trinajstić information content (AvgIpc) is 3.38. The van der Waals surface area contributed by atoms with Crippen LogP contribution in [0.3, 0.4) is 0 Å². The summed E-state index contributed by atoms with van der Waals surface area (Å²) in [6, 6.07) is 16.4. The number of amides is 2. The number of fused-ring (bicyclic) bond motifs is 1. The van der Waals surface area contributed by atoms with Crippen LogP contribution in [0, 0.1) is 17.3 Å². The van der Waals surface area contributed by atoms with E-state index in [1.165, 1.54) is 35.2 Å². The van der Waals surface area contributed by atoms with E-state index in [9.17, 15) is 32.4 Å². The van der Waals surface area contributed by atoms with Crippen LogP contribution in [0.1, 0.15) is 58.5 Å². The first kappa shape index (κ1) is 29.3. The number of hydrogen-bond acceptors (Lipinski definition) is 5. The lowest BCUT2D eigenvalue weighted by atomic mass is 9.80. The molecule has 0 fully saturated rings. The smallest absolute Gasteiger partial charge is 0.339 e. The lowest BCUT2D eigenvalue weighted by molar-refractivity contribution is -0.137. The fourth-order valence-corrected chi connectivity index (χ4v) is 5.35. The Hall–Kier alpha value is -5.18. The number of halogens is 4. The Balaban J connectivity index is 1.72. The van der Waals surface area contributed by atoms with Gasteiger partial charge in [0.25, 0.3) is 11.8 Å². The molecule has 5 rings (SSSR count). The van der Waals surface area contributed by atoms with E-state index < -0.39 is 47.4 Å². The third-order valence-corrected chi connectivity index (χ3v) is 7.33. The lowest BCUT2D eigenvalue weighted by Gasteiger charge is -2.38. The third kappa shape index (κ3) is 5.53. The number of alkyl halides is 3. The van der Waals surface area contributed by atoms with E-state index in [0.717, 1.165) is 18.2 Å². The molecule has 3 atom stereocenters. The number of aromatic nitrogens is 2. The Morgan fingerprint density at radius 2 is 1.77 bits per heavy atom. The van der Waals surface area contributed by atoms with Crippen LogP contribution in [0.2, 0.25) is 0 Å². The number of rotatable bonds is 7. The first-order valence-electron chi connectivity index (χ1n) is 13.4. The normalized spacial score (nSPS) is 17.1. The molecule has 3 aromatic carbocycles. The highest BCUT2D eigenvalue weighted by atomic mass is 19.4. The number of benzene rings is 3. The second-order valence-electron chi connectivity index (χ2n) is 9.99. The van der Waals surface area contributed by atoms with Gasteiger partial charge in [-0.15, -0.1) is 0 Å². The Morgan fingerprint density at radius 3 is 2.40 bits per heavy atom. The van der Waals surface area contributed by atoms with Crippen LogP contribution in [0.15, 0.2) is 78.9 Å². The number of nitrogens with one attached hydrogen (secondary N) is 2. The average molecular weight is 591 g/mol. The molecule has 43 heavy (non-hydrogen) atoms. The van der Waals surface area contributed by atoms with Gasteiger partial charge in [0.1, 0.15) is 17.7 Å². The number of nitrogens with zero attached hydrogens (tertiary/aromatic N) is 4. The molecule has 220 valence electrons. The first-order chi connectivity index (χ1) is 20.5. The number of hydrogen-bond donors (Lipinski definition) is 2. The van der Waals surface area contributed by atoms with E-state index >= 15 is 0 Å². The molecule has 1 aromatic heterocycles. The summed E-state index contributed by atoms with van der Waals surface area (Å²) in [5.41, 5.74) is 0.698. The van der Waals surface area contributed by atoms with Gasteiger partial charge in [-0.3, -0.25) is 14.5 Å². The molecule has 0 saturated carbocycles. The maximum atomic E-state index is 14.2. The Bertz CT molecular complexity index is 1700. The predicted molar refractivity (Wildman–Crippen MR) is 150 cm³/mol. The molecule has 1 aliphatic rings. The van der Waals surface area contributed by atoms with Gasteiger partial charge in [0.15, 0.2) is 6.19 Å². The maximum Gasteiger partial charge on any atom is 0.416 e. The Morgan fingerprint density at radius 1 is 1.07 bits per heavy atom. The molecular formula is C31H26F4N6O2. The van der Waals surface area contributed by atoms with Gasteiger partial charge in [0.05, 0.1) is 23.0 Å². The van der Waals surface area contributed by atoms with E-state index in [1.807, 2.05) is 12.3 Å². The summed E-state index contributed by atoms with van der Waals surface area (Å²) in [5.74, 6) is -2.48. The fourth-order valence-electron chi connectivity index (χ4n) is 5.35. The lowest BCUT2D eigenvalue weighted by Crippen LogP contribution is -2.55. The summed E-state index contributed by atoms with van der Waals surface area (Å²) < 4.78 is 55.8. The Labute approximate surface area is 244 Å². The van der Waals surface area contributed by atoms with Crippen molar-refractivity contribution in [2.24, 2.45) is 0 Å². The second-order valence-corrected chi connectivity index (χ2v) is 9.99. The van der Waals surface area contributed by atoms with Crippen molar-refractivity contribution in [3.8, 4) is 11.9 Å². The molecule has 0 saturated heterocycles. The number of nitriles is 1. The zero-order valence-corrected chi connectivity index (χ0v) is 23.1. The minimum atomic E-state index is -4.67. The van der Waals surface area contributed by atoms with E-state index in [1.54, 1.807) is 42.8 Å². The van der Waals surface area contributed by atoms with Crippen molar-refractivity contribution >= 4 is 17.6 Å². The Kier molecular flexibility index (Phi) is 7.91. The molecule has 2 heterocycles. The highest BCUT2D eigenvalue weighted by molar-refractivity contribution is 6.05. The fraction of sp³-hybridized carbons (Fsp3) is 0.226. The van der Waals surface area contributed by atoms with Crippen LogP contribution in [0.25, 0.3) is 5.69 Å². The molecule has 12 heteroatoms. The van der Waals surface area contributed by atoms with Crippen molar-refractivity contribution in [3.05, 3.63) is 113 Å². The SMILES string of the molecule is CCN1C(=O)C(NC(=O)c2cccc(C(F)(F)F)c2)C(c2ccc(F)cc2)c2c(C(C)NC#N)nn(-c3ccccc3)c21. The highest BCUT2D eigenvalue weighted by Gasteiger charge is 2.47. The van der Waals surface area contributed by atoms with Gasteiger partial charge < -0.3 is 10.6 Å². The number of carbonyl (C=O) groups excluding carboxylic acids is 2. The minimum absolute atomic E-state index is 0.163. The van der Waals surface area contributed by atoms with Crippen molar-refractivity contribution in [1.29, 1.82) is 5.26 Å². The molecular weight excluding hydrogens is 564 g/mol. The summed E-state index contributed by atoms with van der Waals surface area (Å²) in [6.45, 7) is 3.62. The largest absolute Gasteiger partial charge is 0.416 e. The van der Waals surface area contributed by atoms with Crippen LogP contribution in [0.5, 0.6) is 0 Å². The molecule has 0 spiro atoms. The van der Waals surface area contributed by atoms with Gasteiger partial charge in [-0.1, -0.05) is 36.4 Å². The summed E-state index contributed by atoms with van der Waals surface area (Å²) in [6.07, 6.45) is -2.77. The monoisotopic (exact) mass is 590 g/mol. The van der Waals surface area contributed by atoms with E-state index in [0.29, 0.717) is 28.3 Å². The quantitative estimate of drug-likeness (QED) is 0.169. The zero-order valence-electron chi connectivity index (χ0n) is 23.1. The highest BCUT2D eigenvalue weighted by Crippen LogP contribution is 2.45. The van der Waals surface area contributed by atoms with Crippen molar-refractivity contribution in [3.63, 3.8) is 0 Å². The topological polar surface area (TPSA) is 103 Å². The van der Waals surface area contributed by atoms with Crippen molar-refractivity contribution in [1.82, 2.24) is 20.4 Å². The van der Waals surface area contributed by atoms with Gasteiger partial charge in [0, 0.05) is 23.6 Å². The summed E-state index contributed by atoms with van der Waals surface area (Å²) >= 11 is 0. The second kappa shape index (κ2) is 11.6. The van der Waals surface area contributed by atoms with Gasteiger partial charge in [-0.05, 0) is 61.9 Å². The van der Waals surface area contributed by atoms with Crippen LogP contribution in [-0.2, 0) is 11.0 Å². The standard InChI is InChI=1S/C31H26F4N6O2/c1-3-40-29-25(26(18(2)37-17-36)39-41(29)23-10-5-4-6-11-23)24(19-12-14-22(32)15-13-19)27(30(40)43)38-28(42)20-8-7-9-21(16-20)31(33,34)35/h4-16,18,24,27,37H,3H2,1-2H3,(H,38,42). The summed E-state index contributed by atoms with van der Waals surface area (Å²) in [5, 5.41) is 19.6. The molecule has 3 unspecified atom stereocenters. The molecule has 2 amide bonds. The molecule has 0 bridgehead atoms. The van der Waals surface area contributed by atoms with Gasteiger partial charge >= 0.3 is 6.18 Å². The zero-order chi connectivity index (χ0) is 30.9. The van der Waals surface area contributed by atoms with Gasteiger partial charge in [0.2, 0.25) is 0 Å². The van der Waals surface area contributed by atoms with E-state index in [-0.39, 0.29) is 12.1 Å². The number of likely N-dealkylation sites (N-methyl/N-ethyl adjacent to an activating group) is 1. The summed E-state index contributed by atoms with van der Waals surface area (Å²) in [4.78, 5) is 29.1.